The van der Waals surface area contributed by atoms with Crippen molar-refractivity contribution in [2.24, 2.45) is 0 Å². The van der Waals surface area contributed by atoms with Crippen molar-refractivity contribution in [3.05, 3.63) is 51.9 Å². The number of benzene rings is 1. The summed E-state index contributed by atoms with van der Waals surface area (Å²) in [6.07, 6.45) is 9.26. The Bertz CT molecular complexity index is 946. The third-order valence-corrected chi connectivity index (χ3v) is 6.68. The summed E-state index contributed by atoms with van der Waals surface area (Å²) in [5.41, 5.74) is 1.85. The van der Waals surface area contributed by atoms with Crippen molar-refractivity contribution in [3.8, 4) is 11.8 Å². The molecule has 172 valence electrons. The average molecular weight is 441 g/mol. The normalized spacial score (nSPS) is 23.5. The minimum absolute atomic E-state index is 0.202. The van der Waals surface area contributed by atoms with Crippen LogP contribution in [0.5, 0.6) is 11.8 Å². The van der Waals surface area contributed by atoms with Gasteiger partial charge in [-0.2, -0.15) is 4.98 Å². The van der Waals surface area contributed by atoms with Crippen LogP contribution in [0.1, 0.15) is 68.5 Å². The molecule has 1 saturated carbocycles. The predicted octanol–water partition coefficient (Wildman–Crippen LogP) is 4.17. The Morgan fingerprint density at radius 1 is 1.03 bits per heavy atom. The lowest BCUT2D eigenvalue weighted by atomic mass is 9.84. The Morgan fingerprint density at radius 2 is 1.84 bits per heavy atom. The molecule has 32 heavy (non-hydrogen) atoms. The lowest BCUT2D eigenvalue weighted by Gasteiger charge is -2.23. The Hall–Kier alpha value is -2.38. The molecular weight excluding hydrogens is 408 g/mol. The lowest BCUT2D eigenvalue weighted by Crippen LogP contribution is -2.24. The van der Waals surface area contributed by atoms with Crippen LogP contribution in [-0.2, 0) is 22.6 Å². The number of aromatic nitrogens is 2. The lowest BCUT2D eigenvalue weighted by molar-refractivity contribution is -0.169. The van der Waals surface area contributed by atoms with Crippen molar-refractivity contribution in [3.63, 3.8) is 0 Å². The molecule has 2 aromatic rings. The molecule has 0 bridgehead atoms. The number of hydrogen-bond donors (Lipinski definition) is 0. The van der Waals surface area contributed by atoms with E-state index in [0.717, 1.165) is 37.3 Å². The zero-order valence-electron chi connectivity index (χ0n) is 18.5. The minimum Gasteiger partial charge on any atom is -0.490 e. The van der Waals surface area contributed by atoms with Gasteiger partial charge < -0.3 is 18.9 Å². The smallest absolute Gasteiger partial charge is 0.300 e. The maximum absolute atomic E-state index is 12.0. The maximum Gasteiger partial charge on any atom is 0.300 e. The fourth-order valence-electron chi connectivity index (χ4n) is 4.89. The van der Waals surface area contributed by atoms with Crippen LogP contribution in [0.2, 0.25) is 0 Å². The highest BCUT2D eigenvalue weighted by Gasteiger charge is 2.27. The van der Waals surface area contributed by atoms with Gasteiger partial charge in [-0.3, -0.25) is 9.36 Å². The summed E-state index contributed by atoms with van der Waals surface area (Å²) in [6, 6.07) is 10.3. The second-order valence-electron chi connectivity index (χ2n) is 9.04. The summed E-state index contributed by atoms with van der Waals surface area (Å²) < 4.78 is 25.3. The van der Waals surface area contributed by atoms with Crippen LogP contribution < -0.4 is 15.0 Å². The monoisotopic (exact) mass is 440 g/mol. The van der Waals surface area contributed by atoms with Gasteiger partial charge in [-0.25, -0.2) is 0 Å². The van der Waals surface area contributed by atoms with E-state index in [1.807, 2.05) is 4.57 Å². The van der Waals surface area contributed by atoms with Crippen LogP contribution in [0, 0.1) is 0 Å². The summed E-state index contributed by atoms with van der Waals surface area (Å²) in [4.78, 5) is 16.0. The van der Waals surface area contributed by atoms with Crippen LogP contribution in [0.25, 0.3) is 0 Å². The number of ether oxygens (including phenoxy) is 4. The number of fused-ring (bicyclic) bond motifs is 1. The quantitative estimate of drug-likeness (QED) is 0.643. The second kappa shape index (κ2) is 10.0. The van der Waals surface area contributed by atoms with E-state index in [-0.39, 0.29) is 18.0 Å². The van der Waals surface area contributed by atoms with Crippen LogP contribution in [-0.4, -0.2) is 35.2 Å². The molecular formula is C25H32N2O5. The third kappa shape index (κ3) is 5.15. The fraction of sp³-hybridized carbons (Fsp3) is 0.600. The molecule has 1 aromatic carbocycles. The third-order valence-electron chi connectivity index (χ3n) is 6.68. The molecule has 2 aliphatic heterocycles. The molecule has 7 heteroatoms. The van der Waals surface area contributed by atoms with Crippen molar-refractivity contribution in [2.45, 2.75) is 82.8 Å². The molecule has 2 atom stereocenters. The average Bonchev–Trinajstić information content (AvgIpc) is 3.25. The summed E-state index contributed by atoms with van der Waals surface area (Å²) in [5, 5.41) is 0. The highest BCUT2D eigenvalue weighted by Crippen LogP contribution is 2.33. The molecule has 1 saturated heterocycles. The molecule has 1 aliphatic carbocycles. The fourth-order valence-corrected chi connectivity index (χ4v) is 4.89. The molecule has 1 aromatic heterocycles. The van der Waals surface area contributed by atoms with E-state index in [1.165, 1.54) is 43.7 Å². The Balaban J connectivity index is 1.16. The van der Waals surface area contributed by atoms with Gasteiger partial charge in [0.2, 0.25) is 0 Å². The summed E-state index contributed by atoms with van der Waals surface area (Å²) in [6.45, 7) is 2.00. The molecule has 0 amide bonds. The van der Waals surface area contributed by atoms with Crippen LogP contribution in [0.3, 0.4) is 0 Å². The van der Waals surface area contributed by atoms with E-state index in [1.54, 1.807) is 0 Å². The Labute approximate surface area is 188 Å². The van der Waals surface area contributed by atoms with Gasteiger partial charge in [-0.1, -0.05) is 31.4 Å². The van der Waals surface area contributed by atoms with Crippen molar-refractivity contribution >= 4 is 0 Å². The van der Waals surface area contributed by atoms with Crippen LogP contribution in [0.4, 0.5) is 0 Å². The zero-order chi connectivity index (χ0) is 21.8. The molecule has 7 nitrogen and oxygen atoms in total. The van der Waals surface area contributed by atoms with E-state index in [9.17, 15) is 4.79 Å². The van der Waals surface area contributed by atoms with Gasteiger partial charge in [-0.15, -0.1) is 0 Å². The van der Waals surface area contributed by atoms with Gasteiger partial charge in [0, 0.05) is 12.7 Å². The van der Waals surface area contributed by atoms with E-state index < -0.39 is 0 Å². The number of rotatable bonds is 7. The summed E-state index contributed by atoms with van der Waals surface area (Å²) in [5.74, 6) is 1.53. The van der Waals surface area contributed by atoms with Gasteiger partial charge in [0.1, 0.15) is 12.4 Å². The SMILES string of the molecule is O=c1cc(CO[C@H]2CCCCO2)n2c(n1)OC(COc1ccc(C3CCCCC3)cc1)C2. The van der Waals surface area contributed by atoms with Crippen molar-refractivity contribution in [1.29, 1.82) is 0 Å². The molecule has 0 N–H and O–H groups in total. The van der Waals surface area contributed by atoms with Gasteiger partial charge in [0.15, 0.2) is 12.4 Å². The van der Waals surface area contributed by atoms with Gasteiger partial charge in [0.05, 0.1) is 18.8 Å². The van der Waals surface area contributed by atoms with Crippen LogP contribution in [0.15, 0.2) is 35.1 Å². The van der Waals surface area contributed by atoms with Gasteiger partial charge in [0.25, 0.3) is 5.56 Å². The van der Waals surface area contributed by atoms with Crippen molar-refractivity contribution < 1.29 is 18.9 Å². The number of hydrogen-bond acceptors (Lipinski definition) is 6. The Morgan fingerprint density at radius 3 is 2.62 bits per heavy atom. The maximum atomic E-state index is 12.0. The molecule has 0 spiro atoms. The molecule has 2 fully saturated rings. The standard InChI is InChI=1S/C25H32N2O5/c28-23-14-20(16-31-24-8-4-5-13-29-24)27-15-22(32-25(27)26-23)17-30-21-11-9-19(10-12-21)18-6-2-1-3-7-18/h9-12,14,18,22,24H,1-8,13,15-17H2/t22?,24-/m0/s1. The van der Waals surface area contributed by atoms with E-state index in [2.05, 4.69) is 29.2 Å². The van der Waals surface area contributed by atoms with Gasteiger partial charge in [-0.05, 0) is 55.7 Å². The summed E-state index contributed by atoms with van der Waals surface area (Å²) >= 11 is 0. The van der Waals surface area contributed by atoms with Gasteiger partial charge >= 0.3 is 6.01 Å². The first-order chi connectivity index (χ1) is 15.7. The molecule has 3 heterocycles. The van der Waals surface area contributed by atoms with Crippen LogP contribution >= 0.6 is 0 Å². The molecule has 1 unspecified atom stereocenters. The summed E-state index contributed by atoms with van der Waals surface area (Å²) in [7, 11) is 0. The first kappa shape index (κ1) is 21.5. The van der Waals surface area contributed by atoms with E-state index in [4.69, 9.17) is 18.9 Å². The zero-order valence-corrected chi connectivity index (χ0v) is 18.5. The minimum atomic E-state index is -0.320. The van der Waals surface area contributed by atoms with Crippen molar-refractivity contribution in [2.75, 3.05) is 13.2 Å². The first-order valence-corrected chi connectivity index (χ1v) is 12.0. The molecule has 0 radical (unpaired) electrons. The first-order valence-electron chi connectivity index (χ1n) is 12.0. The largest absolute Gasteiger partial charge is 0.490 e. The second-order valence-corrected chi connectivity index (χ2v) is 9.04. The van der Waals surface area contributed by atoms with Crippen molar-refractivity contribution in [1.82, 2.24) is 9.55 Å². The Kier molecular flexibility index (Phi) is 6.74. The highest BCUT2D eigenvalue weighted by atomic mass is 16.7. The molecule has 5 rings (SSSR count). The molecule has 3 aliphatic rings. The number of nitrogens with zero attached hydrogens (tertiary/aromatic N) is 2. The van der Waals surface area contributed by atoms with E-state index >= 15 is 0 Å². The van der Waals surface area contributed by atoms with E-state index in [0.29, 0.717) is 31.7 Å². The topological polar surface area (TPSA) is 71.8 Å². The predicted molar refractivity (Wildman–Crippen MR) is 119 cm³/mol. The highest BCUT2D eigenvalue weighted by molar-refractivity contribution is 5.29.